The van der Waals surface area contributed by atoms with Gasteiger partial charge in [-0.15, -0.1) is 0 Å². The highest BCUT2D eigenvalue weighted by atomic mass is 35.5. The number of esters is 1. The molecule has 6 nitrogen and oxygen atoms in total. The third-order valence-electron chi connectivity index (χ3n) is 3.60. The number of phenols is 1. The molecule has 0 fully saturated rings. The molecule has 1 aromatic heterocycles. The second kappa shape index (κ2) is 6.94. The molecular weight excluding hydrogens is 344 g/mol. The molecule has 3 aromatic rings. The number of halogens is 1. The number of rotatable bonds is 4. The first-order valence-electron chi connectivity index (χ1n) is 7.48. The first-order valence-corrected chi connectivity index (χ1v) is 7.86. The minimum Gasteiger partial charge on any atom is -0.504 e. The first-order chi connectivity index (χ1) is 12.0. The first kappa shape index (κ1) is 17.0. The molecule has 128 valence electrons. The van der Waals surface area contributed by atoms with Crippen LogP contribution in [-0.2, 0) is 9.53 Å². The normalized spacial score (nSPS) is 12.0. The van der Waals surface area contributed by atoms with Crippen LogP contribution in [0.15, 0.2) is 42.6 Å². The van der Waals surface area contributed by atoms with Crippen molar-refractivity contribution in [2.45, 2.75) is 13.0 Å². The van der Waals surface area contributed by atoms with E-state index < -0.39 is 12.1 Å². The molecule has 1 unspecified atom stereocenters. The highest BCUT2D eigenvalue weighted by molar-refractivity contribution is 6.31. The Morgan fingerprint density at radius 3 is 2.72 bits per heavy atom. The highest BCUT2D eigenvalue weighted by Gasteiger charge is 2.17. The molecule has 25 heavy (non-hydrogen) atoms. The van der Waals surface area contributed by atoms with E-state index in [1.54, 1.807) is 43.5 Å². The number of carbonyl (C=O) groups is 1. The maximum absolute atomic E-state index is 11.4. The molecule has 1 atom stereocenters. The van der Waals surface area contributed by atoms with Gasteiger partial charge in [0.1, 0.15) is 0 Å². The van der Waals surface area contributed by atoms with Crippen molar-refractivity contribution >= 4 is 28.6 Å². The predicted octanol–water partition coefficient (Wildman–Crippen LogP) is 3.60. The van der Waals surface area contributed by atoms with E-state index in [-0.39, 0.29) is 11.5 Å². The van der Waals surface area contributed by atoms with Crippen molar-refractivity contribution < 1.29 is 19.4 Å². The highest BCUT2D eigenvalue weighted by Crippen LogP contribution is 2.32. The largest absolute Gasteiger partial charge is 0.504 e. The van der Waals surface area contributed by atoms with E-state index in [1.165, 1.54) is 13.2 Å². The van der Waals surface area contributed by atoms with E-state index in [0.29, 0.717) is 27.3 Å². The second-order valence-corrected chi connectivity index (χ2v) is 5.79. The summed E-state index contributed by atoms with van der Waals surface area (Å²) in [6, 6.07) is 10.1. The monoisotopic (exact) mass is 358 g/mol. The summed E-state index contributed by atoms with van der Waals surface area (Å²) < 4.78 is 9.99. The number of aromatic hydroxyl groups is 1. The summed E-state index contributed by atoms with van der Waals surface area (Å²) in [6.45, 7) is 1.54. The van der Waals surface area contributed by atoms with Crippen LogP contribution in [0.4, 0.5) is 0 Å². The van der Waals surface area contributed by atoms with E-state index in [0.717, 1.165) is 0 Å². The van der Waals surface area contributed by atoms with Crippen LogP contribution in [0.5, 0.6) is 11.5 Å². The van der Waals surface area contributed by atoms with Gasteiger partial charge in [-0.2, -0.15) is 0 Å². The number of hydrogen-bond acceptors (Lipinski definition) is 6. The van der Waals surface area contributed by atoms with Gasteiger partial charge in [0.05, 0.1) is 30.0 Å². The minimum absolute atomic E-state index is 0.105. The van der Waals surface area contributed by atoms with Gasteiger partial charge in [0.25, 0.3) is 0 Å². The lowest BCUT2D eigenvalue weighted by atomic mass is 10.1. The maximum atomic E-state index is 11.4. The van der Waals surface area contributed by atoms with E-state index in [2.05, 4.69) is 14.7 Å². The third-order valence-corrected chi connectivity index (χ3v) is 3.83. The molecule has 0 radical (unpaired) electrons. The number of methoxy groups -OCH3 is 1. The zero-order valence-electron chi connectivity index (χ0n) is 13.6. The summed E-state index contributed by atoms with van der Waals surface area (Å²) >= 11 is 5.94. The number of aromatic nitrogens is 2. The topological polar surface area (TPSA) is 81.5 Å². The van der Waals surface area contributed by atoms with E-state index in [9.17, 15) is 9.90 Å². The lowest BCUT2D eigenvalue weighted by Gasteiger charge is -2.14. The standard InChI is InChI=1S/C18H15ClN2O4/c1-10(18(23)24-2)25-17-6-3-11(7-16(17)22)15-9-20-14-8-12(19)4-5-13(14)21-15/h3-10,22H,1-2H3. The van der Waals surface area contributed by atoms with Crippen LogP contribution < -0.4 is 4.74 Å². The number of hydrogen-bond donors (Lipinski definition) is 1. The zero-order valence-corrected chi connectivity index (χ0v) is 14.3. The summed E-state index contributed by atoms with van der Waals surface area (Å²) in [5.74, 6) is -0.448. The Morgan fingerprint density at radius 1 is 1.20 bits per heavy atom. The Morgan fingerprint density at radius 2 is 2.00 bits per heavy atom. The summed E-state index contributed by atoms with van der Waals surface area (Å²) in [7, 11) is 1.27. The fourth-order valence-electron chi connectivity index (χ4n) is 2.30. The number of nitrogens with zero attached hydrogens (tertiary/aromatic N) is 2. The minimum atomic E-state index is -0.827. The Balaban J connectivity index is 1.90. The molecular formula is C18H15ClN2O4. The van der Waals surface area contributed by atoms with Gasteiger partial charge in [-0.1, -0.05) is 11.6 Å². The number of phenolic OH excluding ortho intramolecular Hbond substituents is 1. The van der Waals surface area contributed by atoms with Crippen LogP contribution in [0.1, 0.15) is 6.92 Å². The van der Waals surface area contributed by atoms with Crippen molar-refractivity contribution in [2.75, 3.05) is 7.11 Å². The molecule has 2 aromatic carbocycles. The van der Waals surface area contributed by atoms with Crippen molar-refractivity contribution in [1.29, 1.82) is 0 Å². The molecule has 1 heterocycles. The van der Waals surface area contributed by atoms with Gasteiger partial charge in [-0.3, -0.25) is 4.98 Å². The molecule has 0 aliphatic heterocycles. The Hall–Kier alpha value is -2.86. The van der Waals surface area contributed by atoms with Crippen molar-refractivity contribution in [3.63, 3.8) is 0 Å². The van der Waals surface area contributed by atoms with Gasteiger partial charge >= 0.3 is 5.97 Å². The molecule has 0 saturated carbocycles. The molecule has 3 rings (SSSR count). The SMILES string of the molecule is COC(=O)C(C)Oc1ccc(-c2cnc3cc(Cl)ccc3n2)cc1O. The Bertz CT molecular complexity index is 946. The Labute approximate surface area is 149 Å². The van der Waals surface area contributed by atoms with Crippen LogP contribution in [0.2, 0.25) is 5.02 Å². The molecule has 7 heteroatoms. The van der Waals surface area contributed by atoms with E-state index in [1.807, 2.05) is 0 Å². The van der Waals surface area contributed by atoms with Crippen LogP contribution in [-0.4, -0.2) is 34.3 Å². The lowest BCUT2D eigenvalue weighted by Crippen LogP contribution is -2.24. The molecule has 1 N–H and O–H groups in total. The van der Waals surface area contributed by atoms with Gasteiger partial charge < -0.3 is 14.6 Å². The van der Waals surface area contributed by atoms with Crippen LogP contribution in [0.25, 0.3) is 22.3 Å². The van der Waals surface area contributed by atoms with Crippen molar-refractivity contribution in [1.82, 2.24) is 9.97 Å². The number of fused-ring (bicyclic) bond motifs is 1. The Kier molecular flexibility index (Phi) is 4.72. The summed E-state index contributed by atoms with van der Waals surface area (Å²) in [6.07, 6.45) is 0.775. The van der Waals surface area contributed by atoms with Gasteiger partial charge in [0, 0.05) is 10.6 Å². The predicted molar refractivity (Wildman–Crippen MR) is 93.8 cm³/mol. The quantitative estimate of drug-likeness (QED) is 0.718. The molecule has 0 spiro atoms. The molecule has 0 bridgehead atoms. The van der Waals surface area contributed by atoms with Gasteiger partial charge in [-0.05, 0) is 43.3 Å². The second-order valence-electron chi connectivity index (χ2n) is 5.35. The van der Waals surface area contributed by atoms with Crippen molar-refractivity contribution in [2.24, 2.45) is 0 Å². The molecule has 0 amide bonds. The summed E-state index contributed by atoms with van der Waals surface area (Å²) in [5, 5.41) is 10.8. The summed E-state index contributed by atoms with van der Waals surface area (Å²) in [5.41, 5.74) is 2.64. The number of benzene rings is 2. The third kappa shape index (κ3) is 3.64. The fraction of sp³-hybridized carbons (Fsp3) is 0.167. The molecule has 0 aliphatic rings. The van der Waals surface area contributed by atoms with Gasteiger partial charge in [-0.25, -0.2) is 9.78 Å². The van der Waals surface area contributed by atoms with Crippen molar-refractivity contribution in [3.05, 3.63) is 47.6 Å². The van der Waals surface area contributed by atoms with Crippen LogP contribution in [0, 0.1) is 0 Å². The molecule has 0 saturated heterocycles. The number of ether oxygens (including phenoxy) is 2. The zero-order chi connectivity index (χ0) is 18.0. The fourth-order valence-corrected chi connectivity index (χ4v) is 2.47. The van der Waals surface area contributed by atoms with Crippen LogP contribution in [0.3, 0.4) is 0 Å². The smallest absolute Gasteiger partial charge is 0.346 e. The average Bonchev–Trinajstić information content (AvgIpc) is 2.62. The maximum Gasteiger partial charge on any atom is 0.346 e. The van der Waals surface area contributed by atoms with Crippen molar-refractivity contribution in [3.8, 4) is 22.8 Å². The van der Waals surface area contributed by atoms with Crippen LogP contribution >= 0.6 is 11.6 Å². The van der Waals surface area contributed by atoms with Gasteiger partial charge in [0.2, 0.25) is 0 Å². The van der Waals surface area contributed by atoms with Gasteiger partial charge in [0.15, 0.2) is 17.6 Å². The molecule has 0 aliphatic carbocycles. The lowest BCUT2D eigenvalue weighted by molar-refractivity contribution is -0.147. The summed E-state index contributed by atoms with van der Waals surface area (Å²) in [4.78, 5) is 20.3. The number of carbonyl (C=O) groups excluding carboxylic acids is 1. The van der Waals surface area contributed by atoms with E-state index in [4.69, 9.17) is 16.3 Å². The average molecular weight is 359 g/mol. The van der Waals surface area contributed by atoms with E-state index >= 15 is 0 Å².